The van der Waals surface area contributed by atoms with Gasteiger partial charge < -0.3 is 20.3 Å². The predicted octanol–water partition coefficient (Wildman–Crippen LogP) is 3.76. The lowest BCUT2D eigenvalue weighted by Gasteiger charge is -2.21. The molecule has 0 amide bonds. The SMILES string of the molecule is CC(C)(C=Cc1cc([N+](=O)[O-])c(F)cc1NCC(O)CO)COCc1ccccc1. The van der Waals surface area contributed by atoms with E-state index in [1.807, 2.05) is 50.3 Å². The van der Waals surface area contributed by atoms with Gasteiger partial charge in [0.2, 0.25) is 5.82 Å². The van der Waals surface area contributed by atoms with E-state index in [1.165, 1.54) is 0 Å². The van der Waals surface area contributed by atoms with Gasteiger partial charge in [0.25, 0.3) is 0 Å². The number of nitrogens with zero attached hydrogens (tertiary/aromatic N) is 1. The molecule has 0 spiro atoms. The second-order valence-corrected chi connectivity index (χ2v) is 7.67. The summed E-state index contributed by atoms with van der Waals surface area (Å²) in [6, 6.07) is 11.9. The van der Waals surface area contributed by atoms with Gasteiger partial charge in [0, 0.05) is 35.3 Å². The summed E-state index contributed by atoms with van der Waals surface area (Å²) in [5, 5.41) is 32.4. The van der Waals surface area contributed by atoms with Crippen LogP contribution in [0.15, 0.2) is 48.5 Å². The van der Waals surface area contributed by atoms with Gasteiger partial charge in [-0.1, -0.05) is 56.3 Å². The lowest BCUT2D eigenvalue weighted by Crippen LogP contribution is -2.23. The molecule has 2 aromatic rings. The van der Waals surface area contributed by atoms with Crippen molar-refractivity contribution in [3.05, 3.63) is 75.6 Å². The van der Waals surface area contributed by atoms with Gasteiger partial charge in [-0.05, 0) is 5.56 Å². The maximum Gasteiger partial charge on any atom is 0.305 e. The van der Waals surface area contributed by atoms with E-state index in [0.29, 0.717) is 18.8 Å². The fraction of sp³-hybridized carbons (Fsp3) is 0.364. The molecule has 30 heavy (non-hydrogen) atoms. The summed E-state index contributed by atoms with van der Waals surface area (Å²) in [4.78, 5) is 10.3. The summed E-state index contributed by atoms with van der Waals surface area (Å²) in [6.07, 6.45) is 2.46. The number of aliphatic hydroxyl groups is 2. The molecule has 0 aliphatic carbocycles. The Labute approximate surface area is 175 Å². The van der Waals surface area contributed by atoms with E-state index >= 15 is 0 Å². The van der Waals surface area contributed by atoms with Crippen LogP contribution in [0.5, 0.6) is 0 Å². The second-order valence-electron chi connectivity index (χ2n) is 7.67. The molecule has 0 saturated carbocycles. The Morgan fingerprint density at radius 1 is 1.30 bits per heavy atom. The topological polar surface area (TPSA) is 105 Å². The van der Waals surface area contributed by atoms with Crippen molar-refractivity contribution in [3.63, 3.8) is 0 Å². The highest BCUT2D eigenvalue weighted by molar-refractivity contribution is 5.70. The van der Waals surface area contributed by atoms with E-state index in [9.17, 15) is 19.6 Å². The Kier molecular flexibility index (Phi) is 8.46. The second kappa shape index (κ2) is 10.8. The highest BCUT2D eigenvalue weighted by atomic mass is 19.1. The summed E-state index contributed by atoms with van der Waals surface area (Å²) >= 11 is 0. The molecule has 0 aliphatic heterocycles. The van der Waals surface area contributed by atoms with Gasteiger partial charge in [0.15, 0.2) is 0 Å². The standard InChI is InChI=1S/C22H27FN2O5/c1-22(2,15-30-14-16-6-4-3-5-7-16)9-8-17-10-21(25(28)29)19(23)11-20(17)24-12-18(27)13-26/h3-11,18,24,26-27H,12-15H2,1-2H3. The molecule has 0 bridgehead atoms. The zero-order valence-electron chi connectivity index (χ0n) is 17.0. The number of nitrogens with one attached hydrogen (secondary N) is 1. The summed E-state index contributed by atoms with van der Waals surface area (Å²) in [7, 11) is 0. The normalized spacial score (nSPS) is 12.8. The van der Waals surface area contributed by atoms with Crippen LogP contribution < -0.4 is 5.32 Å². The quantitative estimate of drug-likeness (QED) is 0.379. The predicted molar refractivity (Wildman–Crippen MR) is 114 cm³/mol. The molecule has 7 nitrogen and oxygen atoms in total. The Bertz CT molecular complexity index is 871. The Balaban J connectivity index is 2.14. The molecule has 3 N–H and O–H groups in total. The number of benzene rings is 2. The van der Waals surface area contributed by atoms with Crippen LogP contribution in [0.2, 0.25) is 0 Å². The number of hydrogen-bond acceptors (Lipinski definition) is 6. The fourth-order valence-corrected chi connectivity index (χ4v) is 2.67. The van der Waals surface area contributed by atoms with Crippen molar-refractivity contribution in [1.82, 2.24) is 0 Å². The minimum atomic E-state index is -1.04. The molecule has 0 radical (unpaired) electrons. The minimum absolute atomic E-state index is 0.0296. The number of rotatable bonds is 11. The molecule has 0 heterocycles. The fourth-order valence-electron chi connectivity index (χ4n) is 2.67. The van der Waals surface area contributed by atoms with Crippen molar-refractivity contribution in [2.75, 3.05) is 25.1 Å². The van der Waals surface area contributed by atoms with Crippen LogP contribution in [0.4, 0.5) is 15.8 Å². The lowest BCUT2D eigenvalue weighted by molar-refractivity contribution is -0.387. The first kappa shape index (κ1) is 23.5. The number of nitro benzene ring substituents is 1. The number of hydrogen-bond donors (Lipinski definition) is 3. The van der Waals surface area contributed by atoms with E-state index in [-0.39, 0.29) is 17.6 Å². The highest BCUT2D eigenvalue weighted by Crippen LogP contribution is 2.29. The summed E-state index contributed by atoms with van der Waals surface area (Å²) < 4.78 is 19.8. The van der Waals surface area contributed by atoms with Gasteiger partial charge in [-0.15, -0.1) is 0 Å². The molecule has 0 aromatic heterocycles. The van der Waals surface area contributed by atoms with Gasteiger partial charge in [0.05, 0.1) is 30.8 Å². The van der Waals surface area contributed by atoms with Crippen LogP contribution in [0, 0.1) is 21.3 Å². The summed E-state index contributed by atoms with van der Waals surface area (Å²) in [5.41, 5.74) is 0.702. The van der Waals surface area contributed by atoms with E-state index in [0.717, 1.165) is 17.7 Å². The summed E-state index contributed by atoms with van der Waals surface area (Å²) in [6.45, 7) is 4.29. The third-order valence-corrected chi connectivity index (χ3v) is 4.35. The maximum atomic E-state index is 14.1. The first-order valence-corrected chi connectivity index (χ1v) is 9.53. The molecule has 0 aliphatic rings. The van der Waals surface area contributed by atoms with Gasteiger partial charge in [0.1, 0.15) is 0 Å². The Morgan fingerprint density at radius 3 is 2.63 bits per heavy atom. The first-order valence-electron chi connectivity index (χ1n) is 9.53. The van der Waals surface area contributed by atoms with Crippen molar-refractivity contribution in [2.24, 2.45) is 5.41 Å². The maximum absolute atomic E-state index is 14.1. The van der Waals surface area contributed by atoms with Crippen LogP contribution in [-0.4, -0.2) is 41.0 Å². The Morgan fingerprint density at radius 2 is 2.00 bits per heavy atom. The number of nitro groups is 1. The summed E-state index contributed by atoms with van der Waals surface area (Å²) in [5.74, 6) is -0.983. The highest BCUT2D eigenvalue weighted by Gasteiger charge is 2.19. The molecule has 162 valence electrons. The molecular formula is C22H27FN2O5. The monoisotopic (exact) mass is 418 g/mol. The Hall–Kier alpha value is -2.81. The smallest absolute Gasteiger partial charge is 0.305 e. The molecule has 0 fully saturated rings. The van der Waals surface area contributed by atoms with Crippen LogP contribution in [0.1, 0.15) is 25.0 Å². The van der Waals surface area contributed by atoms with Crippen LogP contribution in [0.3, 0.4) is 0 Å². The molecule has 2 aromatic carbocycles. The number of ether oxygens (including phenoxy) is 1. The van der Waals surface area contributed by atoms with Crippen LogP contribution in [-0.2, 0) is 11.3 Å². The third-order valence-electron chi connectivity index (χ3n) is 4.35. The van der Waals surface area contributed by atoms with Crippen LogP contribution in [0.25, 0.3) is 6.08 Å². The van der Waals surface area contributed by atoms with Crippen molar-refractivity contribution in [1.29, 1.82) is 0 Å². The van der Waals surface area contributed by atoms with E-state index in [4.69, 9.17) is 9.84 Å². The van der Waals surface area contributed by atoms with E-state index in [2.05, 4.69) is 5.32 Å². The molecule has 8 heteroatoms. The molecular weight excluding hydrogens is 391 g/mol. The van der Waals surface area contributed by atoms with Crippen molar-refractivity contribution < 1.29 is 24.3 Å². The van der Waals surface area contributed by atoms with Crippen molar-refractivity contribution >= 4 is 17.5 Å². The molecule has 1 unspecified atom stereocenters. The molecule has 2 rings (SSSR count). The number of anilines is 1. The zero-order valence-corrected chi connectivity index (χ0v) is 17.0. The van der Waals surface area contributed by atoms with Gasteiger partial charge in [-0.2, -0.15) is 4.39 Å². The van der Waals surface area contributed by atoms with Crippen molar-refractivity contribution in [3.8, 4) is 0 Å². The van der Waals surface area contributed by atoms with Gasteiger partial charge >= 0.3 is 5.69 Å². The van der Waals surface area contributed by atoms with Crippen LogP contribution >= 0.6 is 0 Å². The first-order chi connectivity index (χ1) is 14.2. The average molecular weight is 418 g/mol. The van der Waals surface area contributed by atoms with E-state index < -0.39 is 29.1 Å². The van der Waals surface area contributed by atoms with Crippen molar-refractivity contribution in [2.45, 2.75) is 26.6 Å². The average Bonchev–Trinajstić information content (AvgIpc) is 2.71. The minimum Gasteiger partial charge on any atom is -0.394 e. The largest absolute Gasteiger partial charge is 0.394 e. The van der Waals surface area contributed by atoms with Gasteiger partial charge in [-0.25, -0.2) is 0 Å². The van der Waals surface area contributed by atoms with E-state index in [1.54, 1.807) is 6.08 Å². The third kappa shape index (κ3) is 7.22. The van der Waals surface area contributed by atoms with Gasteiger partial charge in [-0.3, -0.25) is 10.1 Å². The number of aliphatic hydroxyl groups excluding tert-OH is 2. The zero-order chi connectivity index (χ0) is 22.1. The number of halogens is 1. The molecule has 1 atom stereocenters. The molecule has 0 saturated heterocycles. The lowest BCUT2D eigenvalue weighted by atomic mass is 9.93.